The molecule has 0 atom stereocenters. The third-order valence-electron chi connectivity index (χ3n) is 2.44. The van der Waals surface area contributed by atoms with Crippen molar-refractivity contribution in [2.24, 2.45) is 0 Å². The Labute approximate surface area is 108 Å². The summed E-state index contributed by atoms with van der Waals surface area (Å²) in [6.07, 6.45) is 4.70. The number of rotatable bonds is 8. The summed E-state index contributed by atoms with van der Waals surface area (Å²) in [6.45, 7) is 6.64. The van der Waals surface area contributed by atoms with Crippen molar-refractivity contribution in [1.29, 1.82) is 0 Å². The molecule has 0 aromatic heterocycles. The Hall–Kier alpha value is -1.77. The monoisotopic (exact) mass is 248 g/mol. The van der Waals surface area contributed by atoms with Crippen LogP contribution in [0.3, 0.4) is 0 Å². The zero-order valence-electron chi connectivity index (χ0n) is 10.9. The molecule has 3 heteroatoms. The van der Waals surface area contributed by atoms with Gasteiger partial charge in [-0.1, -0.05) is 6.08 Å². The third-order valence-corrected chi connectivity index (χ3v) is 2.44. The van der Waals surface area contributed by atoms with Gasteiger partial charge in [-0.2, -0.15) is 0 Å². The van der Waals surface area contributed by atoms with Crippen molar-refractivity contribution >= 4 is 5.97 Å². The van der Waals surface area contributed by atoms with E-state index in [1.807, 2.05) is 13.0 Å². The lowest BCUT2D eigenvalue weighted by Gasteiger charge is -2.06. The van der Waals surface area contributed by atoms with Gasteiger partial charge in [0.2, 0.25) is 0 Å². The third kappa shape index (κ3) is 5.04. The zero-order valence-corrected chi connectivity index (χ0v) is 10.9. The Morgan fingerprint density at radius 1 is 1.28 bits per heavy atom. The first-order chi connectivity index (χ1) is 8.77. The molecule has 0 aliphatic carbocycles. The molecule has 0 bridgehead atoms. The Morgan fingerprint density at radius 3 is 2.61 bits per heavy atom. The number of carbonyl (C=O) groups is 1. The molecular formula is C15H20O3. The van der Waals surface area contributed by atoms with E-state index in [0.29, 0.717) is 18.8 Å². The fourth-order valence-corrected chi connectivity index (χ4v) is 1.49. The maximum Gasteiger partial charge on any atom is 0.338 e. The van der Waals surface area contributed by atoms with Crippen LogP contribution in [0.25, 0.3) is 0 Å². The van der Waals surface area contributed by atoms with Gasteiger partial charge in [0.1, 0.15) is 5.75 Å². The van der Waals surface area contributed by atoms with Gasteiger partial charge in [0.15, 0.2) is 0 Å². The predicted octanol–water partition coefficient (Wildman–Crippen LogP) is 3.60. The Bertz CT molecular complexity index is 368. The van der Waals surface area contributed by atoms with Crippen molar-refractivity contribution in [2.75, 3.05) is 13.2 Å². The second-order valence-electron chi connectivity index (χ2n) is 3.88. The number of hydrogen-bond acceptors (Lipinski definition) is 3. The first kappa shape index (κ1) is 14.3. The molecular weight excluding hydrogens is 228 g/mol. The fraction of sp³-hybridized carbons (Fsp3) is 0.400. The quantitative estimate of drug-likeness (QED) is 0.400. The summed E-state index contributed by atoms with van der Waals surface area (Å²) >= 11 is 0. The number of hydrogen-bond donors (Lipinski definition) is 0. The smallest absolute Gasteiger partial charge is 0.338 e. The molecule has 0 heterocycles. The summed E-state index contributed by atoms with van der Waals surface area (Å²) in [6, 6.07) is 6.99. The lowest BCUT2D eigenvalue weighted by atomic mass is 10.2. The Balaban J connectivity index is 2.34. The SMILES string of the molecule is C=CCCCCOC(=O)c1ccc(OCC)cc1. The van der Waals surface area contributed by atoms with E-state index in [0.717, 1.165) is 25.0 Å². The van der Waals surface area contributed by atoms with Gasteiger partial charge < -0.3 is 9.47 Å². The molecule has 0 fully saturated rings. The first-order valence-corrected chi connectivity index (χ1v) is 6.28. The van der Waals surface area contributed by atoms with Crippen molar-refractivity contribution in [2.45, 2.75) is 26.2 Å². The summed E-state index contributed by atoms with van der Waals surface area (Å²) in [5.41, 5.74) is 0.558. The van der Waals surface area contributed by atoms with Gasteiger partial charge in [-0.25, -0.2) is 4.79 Å². The van der Waals surface area contributed by atoms with Gasteiger partial charge in [-0.15, -0.1) is 6.58 Å². The molecule has 98 valence electrons. The number of allylic oxidation sites excluding steroid dienone is 1. The maximum absolute atomic E-state index is 11.7. The van der Waals surface area contributed by atoms with Crippen LogP contribution in [-0.2, 0) is 4.74 Å². The Kier molecular flexibility index (Phi) is 6.62. The van der Waals surface area contributed by atoms with Crippen molar-refractivity contribution in [3.63, 3.8) is 0 Å². The van der Waals surface area contributed by atoms with E-state index in [1.165, 1.54) is 0 Å². The molecule has 0 radical (unpaired) electrons. The largest absolute Gasteiger partial charge is 0.494 e. The molecule has 0 saturated carbocycles. The van der Waals surface area contributed by atoms with Crippen LogP contribution in [0.1, 0.15) is 36.5 Å². The van der Waals surface area contributed by atoms with E-state index in [9.17, 15) is 4.79 Å². The first-order valence-electron chi connectivity index (χ1n) is 6.28. The summed E-state index contributed by atoms with van der Waals surface area (Å²) in [5, 5.41) is 0. The highest BCUT2D eigenvalue weighted by Crippen LogP contribution is 2.13. The highest BCUT2D eigenvalue weighted by Gasteiger charge is 2.06. The van der Waals surface area contributed by atoms with Crippen LogP contribution in [0.5, 0.6) is 5.75 Å². The minimum atomic E-state index is -0.281. The van der Waals surface area contributed by atoms with E-state index in [1.54, 1.807) is 24.3 Å². The van der Waals surface area contributed by atoms with Crippen LogP contribution in [0, 0.1) is 0 Å². The number of benzene rings is 1. The van der Waals surface area contributed by atoms with E-state index in [-0.39, 0.29) is 5.97 Å². The van der Waals surface area contributed by atoms with E-state index in [4.69, 9.17) is 9.47 Å². The van der Waals surface area contributed by atoms with E-state index < -0.39 is 0 Å². The molecule has 0 amide bonds. The van der Waals surface area contributed by atoms with E-state index in [2.05, 4.69) is 6.58 Å². The molecule has 1 rings (SSSR count). The maximum atomic E-state index is 11.7. The van der Waals surface area contributed by atoms with Gasteiger partial charge >= 0.3 is 5.97 Å². The van der Waals surface area contributed by atoms with Crippen molar-refractivity contribution in [3.05, 3.63) is 42.5 Å². The number of ether oxygens (including phenoxy) is 2. The number of esters is 1. The number of unbranched alkanes of at least 4 members (excludes halogenated alkanes) is 2. The average Bonchev–Trinajstić information content (AvgIpc) is 2.39. The molecule has 1 aromatic rings. The van der Waals surface area contributed by atoms with Crippen molar-refractivity contribution in [3.8, 4) is 5.75 Å². The van der Waals surface area contributed by atoms with E-state index >= 15 is 0 Å². The molecule has 0 saturated heterocycles. The summed E-state index contributed by atoms with van der Waals surface area (Å²) in [5.74, 6) is 0.483. The minimum absolute atomic E-state index is 0.281. The molecule has 0 aliphatic rings. The normalized spacial score (nSPS) is 9.83. The predicted molar refractivity (Wildman–Crippen MR) is 71.9 cm³/mol. The molecule has 0 unspecified atom stereocenters. The standard InChI is InChI=1S/C15H20O3/c1-3-5-6-7-12-18-15(16)13-8-10-14(11-9-13)17-4-2/h3,8-11H,1,4-7,12H2,2H3. The lowest BCUT2D eigenvalue weighted by Crippen LogP contribution is -2.06. The minimum Gasteiger partial charge on any atom is -0.494 e. The topological polar surface area (TPSA) is 35.5 Å². The van der Waals surface area contributed by atoms with Gasteiger partial charge in [-0.05, 0) is 50.5 Å². The van der Waals surface area contributed by atoms with Gasteiger partial charge in [-0.3, -0.25) is 0 Å². The Morgan fingerprint density at radius 2 is 2.00 bits per heavy atom. The van der Waals surface area contributed by atoms with Crippen LogP contribution in [0.4, 0.5) is 0 Å². The van der Waals surface area contributed by atoms with Crippen molar-refractivity contribution < 1.29 is 14.3 Å². The average molecular weight is 248 g/mol. The zero-order chi connectivity index (χ0) is 13.2. The fourth-order valence-electron chi connectivity index (χ4n) is 1.49. The van der Waals surface area contributed by atoms with Crippen LogP contribution >= 0.6 is 0 Å². The molecule has 0 N–H and O–H groups in total. The number of carbonyl (C=O) groups excluding carboxylic acids is 1. The van der Waals surface area contributed by atoms with Crippen molar-refractivity contribution in [1.82, 2.24) is 0 Å². The van der Waals surface area contributed by atoms with Gasteiger partial charge in [0.25, 0.3) is 0 Å². The molecule has 18 heavy (non-hydrogen) atoms. The van der Waals surface area contributed by atoms with Crippen LogP contribution in [0.2, 0.25) is 0 Å². The molecule has 1 aromatic carbocycles. The van der Waals surface area contributed by atoms with Gasteiger partial charge in [0, 0.05) is 0 Å². The second-order valence-corrected chi connectivity index (χ2v) is 3.88. The molecule has 3 nitrogen and oxygen atoms in total. The highest BCUT2D eigenvalue weighted by molar-refractivity contribution is 5.89. The second kappa shape index (κ2) is 8.34. The summed E-state index contributed by atoms with van der Waals surface area (Å²) in [7, 11) is 0. The lowest BCUT2D eigenvalue weighted by molar-refractivity contribution is 0.0498. The molecule has 0 aliphatic heterocycles. The summed E-state index contributed by atoms with van der Waals surface area (Å²) < 4.78 is 10.5. The van der Waals surface area contributed by atoms with Crippen LogP contribution < -0.4 is 4.74 Å². The summed E-state index contributed by atoms with van der Waals surface area (Å²) in [4.78, 5) is 11.7. The van der Waals surface area contributed by atoms with Gasteiger partial charge in [0.05, 0.1) is 18.8 Å². The van der Waals surface area contributed by atoms with Crippen LogP contribution in [-0.4, -0.2) is 19.2 Å². The van der Waals surface area contributed by atoms with Crippen LogP contribution in [0.15, 0.2) is 36.9 Å². The highest BCUT2D eigenvalue weighted by atomic mass is 16.5. The molecule has 0 spiro atoms.